The molecule has 0 saturated carbocycles. The Morgan fingerprint density at radius 3 is 1.33 bits per heavy atom. The van der Waals surface area contributed by atoms with Crippen molar-refractivity contribution in [1.82, 2.24) is 0 Å². The summed E-state index contributed by atoms with van der Waals surface area (Å²) in [6.45, 7) is 4.24. The fourth-order valence-corrected chi connectivity index (χ4v) is 1.25. The highest BCUT2D eigenvalue weighted by atomic mass is 31.2. The van der Waals surface area contributed by atoms with Crippen LogP contribution in [0.2, 0.25) is 0 Å². The molecule has 0 fully saturated rings. The first-order valence-electron chi connectivity index (χ1n) is 3.99. The van der Waals surface area contributed by atoms with Crippen molar-refractivity contribution < 1.29 is 23.9 Å². The molecule has 0 unspecified atom stereocenters. The van der Waals surface area contributed by atoms with Crippen molar-refractivity contribution in [2.24, 2.45) is 0 Å². The smallest absolute Gasteiger partial charge is 0.328 e. The van der Waals surface area contributed by atoms with E-state index >= 15 is 0 Å². The number of benzene rings is 1. The monoisotopic (exact) mass is 252 g/mol. The maximum absolute atomic E-state index is 7.82. The maximum atomic E-state index is 7.82. The van der Waals surface area contributed by atoms with Crippen LogP contribution in [-0.4, -0.2) is 19.6 Å². The molecular formula is C8H14O5P2. The Kier molecular flexibility index (Phi) is 8.02. The van der Waals surface area contributed by atoms with Crippen LogP contribution in [0.5, 0.6) is 0 Å². The average Bonchev–Trinajstić information content (AvgIpc) is 2.08. The summed E-state index contributed by atoms with van der Waals surface area (Å²) in [5, 5.41) is 0. The quantitative estimate of drug-likeness (QED) is 0.602. The molecule has 1 rings (SSSR count). The van der Waals surface area contributed by atoms with Crippen molar-refractivity contribution in [2.45, 2.75) is 13.8 Å². The molecule has 0 aliphatic carbocycles. The molecule has 0 saturated heterocycles. The first-order valence-corrected chi connectivity index (χ1v) is 6.32. The summed E-state index contributed by atoms with van der Waals surface area (Å²) in [4.78, 5) is 31.3. The van der Waals surface area contributed by atoms with Crippen molar-refractivity contribution in [3.05, 3.63) is 35.4 Å². The highest BCUT2D eigenvalue weighted by Gasteiger charge is 2.05. The van der Waals surface area contributed by atoms with Gasteiger partial charge in [0.25, 0.3) is 0 Å². The summed E-state index contributed by atoms with van der Waals surface area (Å²) in [5.74, 6) is 0. The molecule has 0 heterocycles. The lowest BCUT2D eigenvalue weighted by molar-refractivity contribution is 0.324. The second-order valence-corrected chi connectivity index (χ2v) is 4.34. The van der Waals surface area contributed by atoms with Crippen LogP contribution in [0.1, 0.15) is 11.1 Å². The molecule has 5 nitrogen and oxygen atoms in total. The van der Waals surface area contributed by atoms with E-state index in [1.807, 2.05) is 0 Å². The van der Waals surface area contributed by atoms with Gasteiger partial charge in [-0.1, -0.05) is 24.3 Å². The molecule has 0 spiro atoms. The van der Waals surface area contributed by atoms with E-state index in [4.69, 9.17) is 19.6 Å². The zero-order valence-corrected chi connectivity index (χ0v) is 10.2. The van der Waals surface area contributed by atoms with Gasteiger partial charge in [0, 0.05) is 0 Å². The van der Waals surface area contributed by atoms with Gasteiger partial charge >= 0.3 is 17.2 Å². The minimum Gasteiger partial charge on any atom is -0.328 e. The van der Waals surface area contributed by atoms with Crippen LogP contribution in [0.15, 0.2) is 24.3 Å². The normalized spacial score (nSPS) is 10.1. The first kappa shape index (κ1) is 14.9. The van der Waals surface area contributed by atoms with E-state index in [0.717, 1.165) is 0 Å². The second-order valence-electron chi connectivity index (χ2n) is 2.67. The van der Waals surface area contributed by atoms with Gasteiger partial charge in [-0.15, -0.1) is 0 Å². The van der Waals surface area contributed by atoms with E-state index in [0.29, 0.717) is 0 Å². The van der Waals surface area contributed by atoms with Crippen LogP contribution < -0.4 is 0 Å². The zero-order chi connectivity index (χ0) is 11.8. The van der Waals surface area contributed by atoms with E-state index in [-0.39, 0.29) is 0 Å². The van der Waals surface area contributed by atoms with Gasteiger partial charge in [-0.05, 0) is 25.0 Å². The molecule has 7 heteroatoms. The second kappa shape index (κ2) is 8.08. The Morgan fingerprint density at radius 2 is 1.20 bits per heavy atom. The van der Waals surface area contributed by atoms with Crippen molar-refractivity contribution in [1.29, 1.82) is 0 Å². The third-order valence-corrected chi connectivity index (χ3v) is 2.74. The lowest BCUT2D eigenvalue weighted by Gasteiger charge is -2.00. The van der Waals surface area contributed by atoms with Crippen LogP contribution in [-0.2, 0) is 4.31 Å². The zero-order valence-electron chi connectivity index (χ0n) is 8.40. The average molecular weight is 252 g/mol. The number of aryl methyl sites for hydroxylation is 2. The molecule has 4 N–H and O–H groups in total. The standard InChI is InChI=1S/C8H10.H4O5P2/c1-7-5-3-4-6-8(7)2;1-6(2)5-7(3)4/h3-6H,1-2H3;1-4H. The fraction of sp³-hybridized carbons (Fsp3) is 0.250. The Bertz CT molecular complexity index is 252. The van der Waals surface area contributed by atoms with Crippen LogP contribution in [0.3, 0.4) is 0 Å². The third-order valence-electron chi connectivity index (χ3n) is 1.57. The number of hydrogen-bond acceptors (Lipinski definition) is 5. The van der Waals surface area contributed by atoms with Crippen LogP contribution in [0, 0.1) is 13.8 Å². The SMILES string of the molecule is Cc1ccccc1C.OP(O)OP(O)O. The summed E-state index contributed by atoms with van der Waals surface area (Å²) in [6.07, 6.45) is 0. The minimum absolute atomic E-state index is 1.37. The lowest BCUT2D eigenvalue weighted by Crippen LogP contribution is -1.74. The van der Waals surface area contributed by atoms with Crippen molar-refractivity contribution >= 4 is 17.2 Å². The summed E-state index contributed by atoms with van der Waals surface area (Å²) in [5.41, 5.74) is 2.74. The van der Waals surface area contributed by atoms with Crippen molar-refractivity contribution in [3.63, 3.8) is 0 Å². The molecule has 1 aromatic carbocycles. The van der Waals surface area contributed by atoms with E-state index in [1.165, 1.54) is 11.1 Å². The lowest BCUT2D eigenvalue weighted by atomic mass is 10.1. The molecule has 0 amide bonds. The molecule has 0 atom stereocenters. The fourth-order valence-electron chi connectivity index (χ4n) is 0.728. The van der Waals surface area contributed by atoms with E-state index in [1.54, 1.807) is 0 Å². The summed E-state index contributed by atoms with van der Waals surface area (Å²) in [6, 6.07) is 8.36. The van der Waals surface area contributed by atoms with Crippen LogP contribution in [0.25, 0.3) is 0 Å². The van der Waals surface area contributed by atoms with Gasteiger partial charge in [0.05, 0.1) is 0 Å². The molecule has 0 aliphatic rings. The predicted molar refractivity (Wildman–Crippen MR) is 59.7 cm³/mol. The molecule has 1 aromatic rings. The van der Waals surface area contributed by atoms with Crippen molar-refractivity contribution in [2.75, 3.05) is 0 Å². The summed E-state index contributed by atoms with van der Waals surface area (Å²) in [7, 11) is -5.22. The number of rotatable bonds is 2. The van der Waals surface area contributed by atoms with Gasteiger partial charge in [0.1, 0.15) is 0 Å². The Balaban J connectivity index is 0.000000265. The molecule has 86 valence electrons. The van der Waals surface area contributed by atoms with Gasteiger partial charge in [-0.3, -0.25) is 0 Å². The van der Waals surface area contributed by atoms with E-state index < -0.39 is 17.2 Å². The third kappa shape index (κ3) is 8.85. The van der Waals surface area contributed by atoms with Crippen molar-refractivity contribution in [3.8, 4) is 0 Å². The van der Waals surface area contributed by atoms with E-state index in [2.05, 4.69) is 42.4 Å². The van der Waals surface area contributed by atoms with Gasteiger partial charge in [0.15, 0.2) is 0 Å². The molecule has 15 heavy (non-hydrogen) atoms. The molecular weight excluding hydrogens is 238 g/mol. The van der Waals surface area contributed by atoms with Crippen LogP contribution >= 0.6 is 17.2 Å². The predicted octanol–water partition coefficient (Wildman–Crippen LogP) is 1.73. The van der Waals surface area contributed by atoms with Gasteiger partial charge in [-0.25, -0.2) is 4.31 Å². The molecule has 0 aromatic heterocycles. The molecule has 0 bridgehead atoms. The van der Waals surface area contributed by atoms with Gasteiger partial charge < -0.3 is 19.6 Å². The largest absolute Gasteiger partial charge is 0.334 e. The topological polar surface area (TPSA) is 90.2 Å². The molecule has 0 aliphatic heterocycles. The summed E-state index contributed by atoms with van der Waals surface area (Å²) < 4.78 is 3.60. The first-order chi connectivity index (χ1) is 6.93. The Labute approximate surface area is 91.0 Å². The van der Waals surface area contributed by atoms with Gasteiger partial charge in [0.2, 0.25) is 0 Å². The molecule has 0 radical (unpaired) electrons. The Hall–Kier alpha value is -0.120. The minimum atomic E-state index is -2.61. The highest BCUT2D eigenvalue weighted by molar-refractivity contribution is 7.53. The van der Waals surface area contributed by atoms with Crippen LogP contribution in [0.4, 0.5) is 0 Å². The van der Waals surface area contributed by atoms with Gasteiger partial charge in [-0.2, -0.15) is 0 Å². The van der Waals surface area contributed by atoms with E-state index in [9.17, 15) is 0 Å². The Morgan fingerprint density at radius 1 is 0.867 bits per heavy atom. The maximum Gasteiger partial charge on any atom is 0.334 e. The highest BCUT2D eigenvalue weighted by Crippen LogP contribution is 2.41. The number of hydrogen-bond donors (Lipinski definition) is 4. The summed E-state index contributed by atoms with van der Waals surface area (Å²) >= 11 is 0.